The van der Waals surface area contributed by atoms with Crippen LogP contribution in [0.4, 0.5) is 0 Å². The Morgan fingerprint density at radius 3 is 1.82 bits per heavy atom. The lowest BCUT2D eigenvalue weighted by Gasteiger charge is -2.23. The van der Waals surface area contributed by atoms with E-state index in [-0.39, 0.29) is 0 Å². The van der Waals surface area contributed by atoms with Crippen LogP contribution in [-0.4, -0.2) is 0 Å². The quantitative estimate of drug-likeness (QED) is 0.175. The van der Waals surface area contributed by atoms with Gasteiger partial charge < -0.3 is 0 Å². The summed E-state index contributed by atoms with van der Waals surface area (Å²) in [7, 11) is 0. The van der Waals surface area contributed by atoms with Crippen LogP contribution >= 0.6 is 0 Å². The molecule has 0 aromatic heterocycles. The average Bonchev–Trinajstić information content (AvgIpc) is 2.96. The maximum atomic E-state index is 2.46. The number of hydrogen-bond acceptors (Lipinski definition) is 0. The van der Waals surface area contributed by atoms with Gasteiger partial charge in [-0.2, -0.15) is 0 Å². The van der Waals surface area contributed by atoms with Crippen LogP contribution in [-0.2, 0) is 6.42 Å². The van der Waals surface area contributed by atoms with Crippen molar-refractivity contribution in [3.05, 3.63) is 138 Å². The van der Waals surface area contributed by atoms with Gasteiger partial charge in [0.1, 0.15) is 0 Å². The minimum atomic E-state index is 0.447. The highest BCUT2D eigenvalue weighted by Gasteiger charge is 2.20. The summed E-state index contributed by atoms with van der Waals surface area (Å²) in [5.74, 6) is 0.447. The van der Waals surface area contributed by atoms with E-state index in [0.717, 1.165) is 19.3 Å². The van der Waals surface area contributed by atoms with Crippen LogP contribution in [0.2, 0.25) is 0 Å². The van der Waals surface area contributed by atoms with Crippen molar-refractivity contribution in [2.45, 2.75) is 39.0 Å². The number of benzene rings is 5. The van der Waals surface area contributed by atoms with Crippen LogP contribution < -0.4 is 0 Å². The Labute approximate surface area is 225 Å². The zero-order valence-corrected chi connectivity index (χ0v) is 22.2. The van der Waals surface area contributed by atoms with E-state index in [0.29, 0.717) is 5.92 Å². The van der Waals surface area contributed by atoms with Crippen molar-refractivity contribution in [2.75, 3.05) is 0 Å². The van der Waals surface area contributed by atoms with Crippen molar-refractivity contribution in [1.29, 1.82) is 0 Å². The van der Waals surface area contributed by atoms with Gasteiger partial charge in [0.2, 0.25) is 0 Å². The first-order valence-electron chi connectivity index (χ1n) is 13.9. The third-order valence-electron chi connectivity index (χ3n) is 8.36. The molecule has 0 bridgehead atoms. The Morgan fingerprint density at radius 1 is 0.632 bits per heavy atom. The number of fused-ring (bicyclic) bond motifs is 3. The molecule has 5 aromatic rings. The largest absolute Gasteiger partial charge is 0.0836 e. The highest BCUT2D eigenvalue weighted by Crippen LogP contribution is 2.45. The van der Waals surface area contributed by atoms with E-state index in [2.05, 4.69) is 129 Å². The van der Waals surface area contributed by atoms with Crippen molar-refractivity contribution >= 4 is 27.1 Å². The lowest BCUT2D eigenvalue weighted by Crippen LogP contribution is -2.05. The van der Waals surface area contributed by atoms with Crippen LogP contribution in [0.5, 0.6) is 0 Å². The zero-order chi connectivity index (χ0) is 25.6. The summed E-state index contributed by atoms with van der Waals surface area (Å²) in [4.78, 5) is 0. The maximum absolute atomic E-state index is 2.46. The van der Waals surface area contributed by atoms with Gasteiger partial charge in [-0.3, -0.25) is 0 Å². The van der Waals surface area contributed by atoms with Gasteiger partial charge in [-0.15, -0.1) is 0 Å². The first-order chi connectivity index (χ1) is 18.7. The first kappa shape index (κ1) is 23.0. The molecule has 0 saturated carbocycles. The lowest BCUT2D eigenvalue weighted by molar-refractivity contribution is 0.877. The summed E-state index contributed by atoms with van der Waals surface area (Å²) in [5.41, 5.74) is 12.3. The Hall–Kier alpha value is -4.16. The van der Waals surface area contributed by atoms with Gasteiger partial charge in [0.25, 0.3) is 0 Å². The number of allylic oxidation sites excluding steroid dienone is 6. The summed E-state index contributed by atoms with van der Waals surface area (Å²) in [6, 6.07) is 34.3. The van der Waals surface area contributed by atoms with E-state index < -0.39 is 0 Å². The smallest absolute Gasteiger partial charge is 0.000468 e. The molecule has 0 N–H and O–H groups in total. The van der Waals surface area contributed by atoms with Gasteiger partial charge in [-0.25, -0.2) is 0 Å². The molecule has 0 radical (unpaired) electrons. The molecule has 2 aliphatic rings. The van der Waals surface area contributed by atoms with Gasteiger partial charge >= 0.3 is 0 Å². The van der Waals surface area contributed by atoms with E-state index >= 15 is 0 Å². The highest BCUT2D eigenvalue weighted by atomic mass is 14.2. The fourth-order valence-electron chi connectivity index (χ4n) is 6.62. The second kappa shape index (κ2) is 9.30. The van der Waals surface area contributed by atoms with Crippen molar-refractivity contribution < 1.29 is 0 Å². The molecule has 0 aliphatic heterocycles. The Morgan fingerprint density at radius 2 is 1.21 bits per heavy atom. The van der Waals surface area contributed by atoms with E-state index in [1.165, 1.54) is 71.6 Å². The van der Waals surface area contributed by atoms with E-state index in [1.54, 1.807) is 0 Å². The van der Waals surface area contributed by atoms with Gasteiger partial charge in [-0.05, 0) is 98.2 Å². The van der Waals surface area contributed by atoms with Crippen LogP contribution in [0.1, 0.15) is 49.3 Å². The second-order valence-electron chi connectivity index (χ2n) is 10.9. The lowest BCUT2D eigenvalue weighted by atomic mass is 9.81. The molecule has 0 saturated heterocycles. The topological polar surface area (TPSA) is 0 Å². The Bertz CT molecular complexity index is 1730. The summed E-state index contributed by atoms with van der Waals surface area (Å²) in [5, 5.41) is 5.26. The standard InChI is InChI=1S/C38H32/c1-25-22-26(2)36-24-31(21-20-30(36)23-25)38-34-14-8-6-12-32(34)37(33-13-7-9-15-35(33)38)29-18-16-28(17-19-29)27-10-4-3-5-11-27/h4,6-22,24,26H,3,5,23H2,1-2H3. The monoisotopic (exact) mass is 488 g/mol. The molecular formula is C38H32. The molecular weight excluding hydrogens is 456 g/mol. The third-order valence-corrected chi connectivity index (χ3v) is 8.36. The van der Waals surface area contributed by atoms with Gasteiger partial charge in [0, 0.05) is 0 Å². The van der Waals surface area contributed by atoms with Crippen LogP contribution in [0, 0.1) is 0 Å². The molecule has 0 heterocycles. The zero-order valence-electron chi connectivity index (χ0n) is 22.2. The van der Waals surface area contributed by atoms with Gasteiger partial charge in [0.15, 0.2) is 0 Å². The summed E-state index contributed by atoms with van der Waals surface area (Å²) >= 11 is 0. The van der Waals surface area contributed by atoms with E-state index in [9.17, 15) is 0 Å². The third kappa shape index (κ3) is 3.84. The van der Waals surface area contributed by atoms with Gasteiger partial charge in [-0.1, -0.05) is 128 Å². The van der Waals surface area contributed by atoms with E-state index in [4.69, 9.17) is 0 Å². The average molecular weight is 489 g/mol. The molecule has 1 unspecified atom stereocenters. The molecule has 7 rings (SSSR count). The minimum absolute atomic E-state index is 0.447. The van der Waals surface area contributed by atoms with Crippen LogP contribution in [0.3, 0.4) is 0 Å². The molecule has 0 amide bonds. The molecule has 5 aromatic carbocycles. The van der Waals surface area contributed by atoms with Crippen LogP contribution in [0.15, 0.2) is 121 Å². The molecule has 0 spiro atoms. The SMILES string of the molecule is CC1=CC(C)c2cc(-c3c4ccccc4c(-c4ccc(C5=CCCC=C5)cc4)c4ccccc34)ccc2C1. The maximum Gasteiger partial charge on any atom is -0.000468 e. The summed E-state index contributed by atoms with van der Waals surface area (Å²) in [6.45, 7) is 4.58. The Kier molecular flexibility index (Phi) is 5.63. The van der Waals surface area contributed by atoms with E-state index in [1.807, 2.05) is 0 Å². The molecule has 38 heavy (non-hydrogen) atoms. The van der Waals surface area contributed by atoms with Gasteiger partial charge in [0.05, 0.1) is 0 Å². The fourth-order valence-corrected chi connectivity index (χ4v) is 6.62. The van der Waals surface area contributed by atoms with Crippen LogP contribution in [0.25, 0.3) is 49.4 Å². The summed E-state index contributed by atoms with van der Waals surface area (Å²) in [6.07, 6.45) is 12.6. The highest BCUT2D eigenvalue weighted by molar-refractivity contribution is 6.21. The normalized spacial score (nSPS) is 16.8. The summed E-state index contributed by atoms with van der Waals surface area (Å²) < 4.78 is 0. The van der Waals surface area contributed by atoms with Crippen molar-refractivity contribution in [2.24, 2.45) is 0 Å². The minimum Gasteiger partial charge on any atom is -0.0836 e. The molecule has 2 aliphatic carbocycles. The number of rotatable bonds is 3. The Balaban J connectivity index is 1.45. The first-order valence-corrected chi connectivity index (χ1v) is 13.9. The van der Waals surface area contributed by atoms with Crippen molar-refractivity contribution in [1.82, 2.24) is 0 Å². The molecule has 1 atom stereocenters. The molecule has 0 fully saturated rings. The number of hydrogen-bond donors (Lipinski definition) is 0. The van der Waals surface area contributed by atoms with Crippen molar-refractivity contribution in [3.63, 3.8) is 0 Å². The fraction of sp³-hybridized carbons (Fsp3) is 0.158. The molecule has 184 valence electrons. The second-order valence-corrected chi connectivity index (χ2v) is 10.9. The molecule has 0 heteroatoms. The van der Waals surface area contributed by atoms with Crippen molar-refractivity contribution in [3.8, 4) is 22.3 Å². The predicted molar refractivity (Wildman–Crippen MR) is 165 cm³/mol. The molecule has 0 nitrogen and oxygen atoms in total. The predicted octanol–water partition coefficient (Wildman–Crippen LogP) is 10.7.